The highest BCUT2D eigenvalue weighted by molar-refractivity contribution is 5.92. The van der Waals surface area contributed by atoms with E-state index in [1.165, 1.54) is 6.07 Å². The van der Waals surface area contributed by atoms with Gasteiger partial charge in [-0.3, -0.25) is 10.3 Å². The fraction of sp³-hybridized carbons (Fsp3) is 0.429. The average molecular weight is 526 g/mol. The number of pyridine rings is 2. The summed E-state index contributed by atoms with van der Waals surface area (Å²) in [4.78, 5) is 33.5. The maximum Gasteiger partial charge on any atom is 0.413 e. The lowest BCUT2D eigenvalue weighted by Crippen LogP contribution is -2.34. The number of carbonyl (C=O) groups is 2. The van der Waals surface area contributed by atoms with Crippen molar-refractivity contribution in [3.8, 4) is 11.1 Å². The van der Waals surface area contributed by atoms with Gasteiger partial charge in [0.1, 0.15) is 17.2 Å². The third kappa shape index (κ3) is 7.61. The van der Waals surface area contributed by atoms with Gasteiger partial charge in [-0.05, 0) is 84.2 Å². The van der Waals surface area contributed by atoms with Gasteiger partial charge in [-0.1, -0.05) is 0 Å². The van der Waals surface area contributed by atoms with Crippen molar-refractivity contribution in [3.63, 3.8) is 0 Å². The smallest absolute Gasteiger partial charge is 0.413 e. The predicted octanol–water partition coefficient (Wildman–Crippen LogP) is 6.34. The number of ether oxygens (including phenoxy) is 2. The number of urea groups is 1. The van der Waals surface area contributed by atoms with Crippen LogP contribution in [-0.2, 0) is 9.47 Å². The standard InChI is InChI=1S/C28H36FN5O4/c1-16-11-21(29)23(33-25(35)30-10-9-28(6,7)37-8)13-19(16)20-12-18-15-31-24(14-22(18)32-17(20)2)34-26(36)38-27(3,4)5/h11-15H,9-10H2,1-8H3,(H2,30,33,35)(H,31,34,36). The van der Waals surface area contributed by atoms with Crippen molar-refractivity contribution in [1.82, 2.24) is 15.3 Å². The maximum atomic E-state index is 14.7. The van der Waals surface area contributed by atoms with Crippen molar-refractivity contribution in [3.05, 3.63) is 47.5 Å². The second-order valence-corrected chi connectivity index (χ2v) is 10.8. The zero-order valence-corrected chi connectivity index (χ0v) is 23.2. The molecule has 3 rings (SSSR count). The summed E-state index contributed by atoms with van der Waals surface area (Å²) in [5.41, 5.74) is 2.56. The van der Waals surface area contributed by atoms with Crippen LogP contribution in [0.4, 0.5) is 25.5 Å². The molecule has 0 radical (unpaired) electrons. The molecule has 3 aromatic rings. The molecule has 0 saturated carbocycles. The first-order valence-electron chi connectivity index (χ1n) is 12.4. The molecule has 0 saturated heterocycles. The topological polar surface area (TPSA) is 114 Å². The van der Waals surface area contributed by atoms with Crippen molar-refractivity contribution < 1.29 is 23.5 Å². The maximum absolute atomic E-state index is 14.7. The van der Waals surface area contributed by atoms with E-state index in [1.54, 1.807) is 53.1 Å². The van der Waals surface area contributed by atoms with Crippen LogP contribution in [0.1, 0.15) is 52.3 Å². The van der Waals surface area contributed by atoms with Gasteiger partial charge in [0.15, 0.2) is 0 Å². The Hall–Kier alpha value is -3.79. The van der Waals surface area contributed by atoms with Gasteiger partial charge >= 0.3 is 12.1 Å². The van der Waals surface area contributed by atoms with E-state index in [0.29, 0.717) is 35.6 Å². The molecule has 0 aliphatic heterocycles. The van der Waals surface area contributed by atoms with Crippen molar-refractivity contribution in [2.75, 3.05) is 24.3 Å². The molecule has 0 unspecified atom stereocenters. The molecule has 0 aliphatic rings. The van der Waals surface area contributed by atoms with Crippen LogP contribution in [0.3, 0.4) is 0 Å². The number of anilines is 2. The number of rotatable bonds is 7. The summed E-state index contributed by atoms with van der Waals surface area (Å²) >= 11 is 0. The van der Waals surface area contributed by atoms with E-state index in [0.717, 1.165) is 16.5 Å². The lowest BCUT2D eigenvalue weighted by Gasteiger charge is -2.22. The van der Waals surface area contributed by atoms with E-state index in [1.807, 2.05) is 26.8 Å². The highest BCUT2D eigenvalue weighted by atomic mass is 19.1. The Morgan fingerprint density at radius 3 is 2.37 bits per heavy atom. The monoisotopic (exact) mass is 525 g/mol. The van der Waals surface area contributed by atoms with Crippen LogP contribution in [0.5, 0.6) is 0 Å². The van der Waals surface area contributed by atoms with Crippen LogP contribution in [0.25, 0.3) is 22.0 Å². The van der Waals surface area contributed by atoms with E-state index in [-0.39, 0.29) is 11.3 Å². The summed E-state index contributed by atoms with van der Waals surface area (Å²) in [6.07, 6.45) is 1.60. The Kier molecular flexibility index (Phi) is 8.56. The van der Waals surface area contributed by atoms with Gasteiger partial charge in [0, 0.05) is 42.6 Å². The van der Waals surface area contributed by atoms with E-state index >= 15 is 0 Å². The molecule has 3 amide bonds. The number of nitrogens with zero attached hydrogens (tertiary/aromatic N) is 2. The van der Waals surface area contributed by atoms with Crippen molar-refractivity contribution in [1.29, 1.82) is 0 Å². The number of halogens is 1. The molecular formula is C28H36FN5O4. The summed E-state index contributed by atoms with van der Waals surface area (Å²) < 4.78 is 25.4. The molecule has 2 heterocycles. The first-order chi connectivity index (χ1) is 17.7. The zero-order chi connectivity index (χ0) is 28.3. The van der Waals surface area contributed by atoms with E-state index in [2.05, 4.69) is 25.9 Å². The lowest BCUT2D eigenvalue weighted by atomic mass is 9.97. The molecule has 0 atom stereocenters. The number of aryl methyl sites for hydroxylation is 2. The number of benzene rings is 1. The molecule has 2 aromatic heterocycles. The number of hydrogen-bond acceptors (Lipinski definition) is 6. The molecular weight excluding hydrogens is 489 g/mol. The summed E-state index contributed by atoms with van der Waals surface area (Å²) in [7, 11) is 1.61. The van der Waals surface area contributed by atoms with E-state index in [4.69, 9.17) is 9.47 Å². The van der Waals surface area contributed by atoms with Crippen LogP contribution >= 0.6 is 0 Å². The van der Waals surface area contributed by atoms with Gasteiger partial charge in [0.2, 0.25) is 0 Å². The SMILES string of the molecule is COC(C)(C)CCNC(=O)Nc1cc(-c2cc3cnc(NC(=O)OC(C)(C)C)cc3nc2C)c(C)cc1F. The lowest BCUT2D eigenvalue weighted by molar-refractivity contribution is 0.0165. The molecule has 0 fully saturated rings. The van der Waals surface area contributed by atoms with Gasteiger partial charge in [0.25, 0.3) is 0 Å². The molecule has 3 N–H and O–H groups in total. The Balaban J connectivity index is 1.83. The number of nitrogens with one attached hydrogen (secondary N) is 3. The van der Waals surface area contributed by atoms with E-state index in [9.17, 15) is 14.0 Å². The molecule has 0 bridgehead atoms. The highest BCUT2D eigenvalue weighted by Gasteiger charge is 2.19. The predicted molar refractivity (Wildman–Crippen MR) is 147 cm³/mol. The second kappa shape index (κ2) is 11.3. The Morgan fingerprint density at radius 1 is 1.00 bits per heavy atom. The van der Waals surface area contributed by atoms with Crippen LogP contribution in [0.2, 0.25) is 0 Å². The largest absolute Gasteiger partial charge is 0.444 e. The Morgan fingerprint density at radius 2 is 1.71 bits per heavy atom. The fourth-order valence-corrected chi connectivity index (χ4v) is 3.72. The quantitative estimate of drug-likeness (QED) is 0.332. The zero-order valence-electron chi connectivity index (χ0n) is 23.2. The minimum Gasteiger partial charge on any atom is -0.444 e. The number of fused-ring (bicyclic) bond motifs is 1. The first kappa shape index (κ1) is 28.8. The Bertz CT molecular complexity index is 1350. The molecule has 9 nitrogen and oxygen atoms in total. The summed E-state index contributed by atoms with van der Waals surface area (Å²) in [6, 6.07) is 6.04. The van der Waals surface area contributed by atoms with Crippen molar-refractivity contribution >= 4 is 34.5 Å². The average Bonchev–Trinajstić information content (AvgIpc) is 2.79. The van der Waals surface area contributed by atoms with Crippen LogP contribution in [0, 0.1) is 19.7 Å². The van der Waals surface area contributed by atoms with Gasteiger partial charge in [0.05, 0.1) is 16.8 Å². The highest BCUT2D eigenvalue weighted by Crippen LogP contribution is 2.32. The van der Waals surface area contributed by atoms with Crippen molar-refractivity contribution in [2.24, 2.45) is 0 Å². The summed E-state index contributed by atoms with van der Waals surface area (Å²) in [6.45, 7) is 13.2. The minimum absolute atomic E-state index is 0.0589. The third-order valence-electron chi connectivity index (χ3n) is 5.94. The molecule has 1 aromatic carbocycles. The minimum atomic E-state index is -0.632. The van der Waals surface area contributed by atoms with Crippen LogP contribution in [-0.4, -0.2) is 46.9 Å². The van der Waals surface area contributed by atoms with Gasteiger partial charge < -0.3 is 20.1 Å². The summed E-state index contributed by atoms with van der Waals surface area (Å²) in [5.74, 6) is -0.222. The molecule has 0 spiro atoms. The number of methoxy groups -OCH3 is 1. The third-order valence-corrected chi connectivity index (χ3v) is 5.94. The van der Waals surface area contributed by atoms with Gasteiger partial charge in [-0.25, -0.2) is 19.0 Å². The number of carbonyl (C=O) groups excluding carboxylic acids is 2. The van der Waals surface area contributed by atoms with Crippen LogP contribution in [0.15, 0.2) is 30.5 Å². The van der Waals surface area contributed by atoms with Gasteiger partial charge in [-0.2, -0.15) is 0 Å². The van der Waals surface area contributed by atoms with Crippen LogP contribution < -0.4 is 16.0 Å². The molecule has 38 heavy (non-hydrogen) atoms. The number of aromatic nitrogens is 2. The summed E-state index contributed by atoms with van der Waals surface area (Å²) in [5, 5.41) is 8.68. The molecule has 0 aliphatic carbocycles. The Labute approximate surface area is 222 Å². The van der Waals surface area contributed by atoms with Crippen molar-refractivity contribution in [2.45, 2.75) is 66.1 Å². The van der Waals surface area contributed by atoms with E-state index < -0.39 is 23.5 Å². The fourth-order valence-electron chi connectivity index (χ4n) is 3.72. The second-order valence-electron chi connectivity index (χ2n) is 10.8. The number of hydrogen-bond donors (Lipinski definition) is 3. The first-order valence-corrected chi connectivity index (χ1v) is 12.4. The normalized spacial score (nSPS) is 11.8. The van der Waals surface area contributed by atoms with Gasteiger partial charge in [-0.15, -0.1) is 0 Å². The molecule has 10 heteroatoms. The molecule has 204 valence electrons. The number of amides is 3.